The number of amides is 1. The third-order valence-electron chi connectivity index (χ3n) is 3.39. The van der Waals surface area contributed by atoms with Crippen LogP contribution in [0, 0.1) is 0 Å². The number of benzene rings is 1. The van der Waals surface area contributed by atoms with E-state index in [4.69, 9.17) is 4.74 Å². The molecular weight excluding hydrogens is 216 g/mol. The Morgan fingerprint density at radius 1 is 1.35 bits per heavy atom. The quantitative estimate of drug-likeness (QED) is 0.790. The van der Waals surface area contributed by atoms with Crippen LogP contribution in [0.1, 0.15) is 23.6 Å². The molecule has 1 fully saturated rings. The van der Waals surface area contributed by atoms with Crippen LogP contribution in [0.5, 0.6) is 0 Å². The van der Waals surface area contributed by atoms with Gasteiger partial charge in [0.1, 0.15) is 0 Å². The first kappa shape index (κ1) is 10.7. The van der Waals surface area contributed by atoms with Gasteiger partial charge in [-0.3, -0.25) is 4.79 Å². The number of carbonyl (C=O) groups excluding carboxylic acids is 1. The summed E-state index contributed by atoms with van der Waals surface area (Å²) < 4.78 is 5.58. The molecule has 0 spiro atoms. The third kappa shape index (κ3) is 2.18. The maximum atomic E-state index is 11.2. The zero-order valence-corrected chi connectivity index (χ0v) is 9.61. The number of hydrogen-bond acceptors (Lipinski definition) is 3. The Kier molecular flexibility index (Phi) is 2.82. The molecule has 2 heterocycles. The average molecular weight is 232 g/mol. The van der Waals surface area contributed by atoms with Gasteiger partial charge in [0.2, 0.25) is 5.91 Å². The van der Waals surface area contributed by atoms with E-state index >= 15 is 0 Å². The molecule has 1 amide bonds. The van der Waals surface area contributed by atoms with Crippen molar-refractivity contribution in [2.45, 2.75) is 25.1 Å². The van der Waals surface area contributed by atoms with Crippen molar-refractivity contribution in [2.75, 3.05) is 13.2 Å². The van der Waals surface area contributed by atoms with E-state index in [1.165, 1.54) is 11.1 Å². The fraction of sp³-hybridized carbons (Fsp3) is 0.462. The van der Waals surface area contributed by atoms with Gasteiger partial charge in [0.25, 0.3) is 0 Å². The minimum atomic E-state index is 0.132. The Balaban J connectivity index is 1.74. The molecule has 1 saturated heterocycles. The number of hydrogen-bond donors (Lipinski definition) is 2. The number of nitrogens with one attached hydrogen (secondary N) is 2. The molecule has 2 unspecified atom stereocenters. The number of ether oxygens (including phenoxy) is 1. The van der Waals surface area contributed by atoms with Crippen LogP contribution in [0.15, 0.2) is 24.3 Å². The Morgan fingerprint density at radius 2 is 2.24 bits per heavy atom. The van der Waals surface area contributed by atoms with E-state index in [9.17, 15) is 4.79 Å². The van der Waals surface area contributed by atoms with E-state index in [0.717, 1.165) is 6.54 Å². The normalized spacial score (nSPS) is 27.6. The Morgan fingerprint density at radius 3 is 3.06 bits per heavy atom. The van der Waals surface area contributed by atoms with Crippen LogP contribution in [0.4, 0.5) is 0 Å². The summed E-state index contributed by atoms with van der Waals surface area (Å²) in [5.41, 5.74) is 2.55. The van der Waals surface area contributed by atoms with E-state index in [-0.39, 0.29) is 18.0 Å². The number of carbonyl (C=O) groups is 1. The second kappa shape index (κ2) is 4.47. The summed E-state index contributed by atoms with van der Waals surface area (Å²) in [4.78, 5) is 11.2. The Hall–Kier alpha value is -1.39. The highest BCUT2D eigenvalue weighted by molar-refractivity contribution is 5.78. The summed E-state index contributed by atoms with van der Waals surface area (Å²) in [6.45, 7) is 2.09. The fourth-order valence-corrected chi connectivity index (χ4v) is 2.53. The van der Waals surface area contributed by atoms with Crippen molar-refractivity contribution in [3.63, 3.8) is 0 Å². The molecule has 0 saturated carbocycles. The van der Waals surface area contributed by atoms with Crippen molar-refractivity contribution < 1.29 is 9.53 Å². The highest BCUT2D eigenvalue weighted by atomic mass is 16.5. The molecule has 1 aromatic rings. The van der Waals surface area contributed by atoms with Gasteiger partial charge in [-0.05, 0) is 11.1 Å². The SMILES string of the molecule is O=C1CC(NC2COCc3ccccc32)CN1. The summed E-state index contributed by atoms with van der Waals surface area (Å²) in [5.74, 6) is 0.132. The van der Waals surface area contributed by atoms with Crippen LogP contribution in [-0.2, 0) is 16.1 Å². The molecule has 1 aromatic carbocycles. The van der Waals surface area contributed by atoms with E-state index in [2.05, 4.69) is 28.8 Å². The van der Waals surface area contributed by atoms with Gasteiger partial charge in [0.15, 0.2) is 0 Å². The zero-order valence-electron chi connectivity index (χ0n) is 9.61. The van der Waals surface area contributed by atoms with Crippen molar-refractivity contribution in [1.29, 1.82) is 0 Å². The molecule has 0 radical (unpaired) electrons. The second-order valence-electron chi connectivity index (χ2n) is 4.64. The lowest BCUT2D eigenvalue weighted by atomic mass is 9.98. The van der Waals surface area contributed by atoms with Gasteiger partial charge in [-0.25, -0.2) is 0 Å². The monoisotopic (exact) mass is 232 g/mol. The molecule has 0 aliphatic carbocycles. The lowest BCUT2D eigenvalue weighted by Gasteiger charge is -2.28. The number of rotatable bonds is 2. The minimum absolute atomic E-state index is 0.132. The topological polar surface area (TPSA) is 50.4 Å². The summed E-state index contributed by atoms with van der Waals surface area (Å²) in [5, 5.41) is 6.34. The molecule has 3 rings (SSSR count). The summed E-state index contributed by atoms with van der Waals surface area (Å²) in [7, 11) is 0. The van der Waals surface area contributed by atoms with E-state index in [1.54, 1.807) is 0 Å². The van der Waals surface area contributed by atoms with Gasteiger partial charge in [-0.15, -0.1) is 0 Å². The van der Waals surface area contributed by atoms with Gasteiger partial charge >= 0.3 is 0 Å². The molecule has 2 N–H and O–H groups in total. The second-order valence-corrected chi connectivity index (χ2v) is 4.64. The summed E-state index contributed by atoms with van der Waals surface area (Å²) >= 11 is 0. The van der Waals surface area contributed by atoms with Crippen LogP contribution in [0.25, 0.3) is 0 Å². The lowest BCUT2D eigenvalue weighted by molar-refractivity contribution is -0.119. The Bertz CT molecular complexity index is 433. The standard InChI is InChI=1S/C13H16N2O2/c16-13-5-10(6-14-13)15-12-8-17-7-9-3-1-2-4-11(9)12/h1-4,10,12,15H,5-8H2,(H,14,16). The first-order valence-corrected chi connectivity index (χ1v) is 6.01. The Labute approximate surface area is 100 Å². The summed E-state index contributed by atoms with van der Waals surface area (Å²) in [6.07, 6.45) is 0.568. The lowest BCUT2D eigenvalue weighted by Crippen LogP contribution is -2.38. The van der Waals surface area contributed by atoms with Crippen LogP contribution in [0.2, 0.25) is 0 Å². The van der Waals surface area contributed by atoms with Gasteiger partial charge in [0.05, 0.1) is 19.3 Å². The van der Waals surface area contributed by atoms with Gasteiger partial charge in [-0.1, -0.05) is 24.3 Å². The molecule has 2 aliphatic heterocycles. The van der Waals surface area contributed by atoms with Crippen molar-refractivity contribution in [2.24, 2.45) is 0 Å². The molecule has 17 heavy (non-hydrogen) atoms. The first-order chi connectivity index (χ1) is 8.33. The molecule has 4 nitrogen and oxygen atoms in total. The molecule has 2 atom stereocenters. The predicted molar refractivity (Wildman–Crippen MR) is 63.4 cm³/mol. The maximum absolute atomic E-state index is 11.2. The van der Waals surface area contributed by atoms with Crippen molar-refractivity contribution in [3.05, 3.63) is 35.4 Å². The molecule has 0 aromatic heterocycles. The highest BCUT2D eigenvalue weighted by Crippen LogP contribution is 2.25. The number of fused-ring (bicyclic) bond motifs is 1. The third-order valence-corrected chi connectivity index (χ3v) is 3.39. The minimum Gasteiger partial charge on any atom is -0.375 e. The molecular formula is C13H16N2O2. The average Bonchev–Trinajstić information content (AvgIpc) is 2.75. The highest BCUT2D eigenvalue weighted by Gasteiger charge is 2.27. The van der Waals surface area contributed by atoms with Crippen LogP contribution in [0.3, 0.4) is 0 Å². The molecule has 0 bridgehead atoms. The largest absolute Gasteiger partial charge is 0.375 e. The molecule has 4 heteroatoms. The van der Waals surface area contributed by atoms with Gasteiger partial charge in [0, 0.05) is 19.0 Å². The van der Waals surface area contributed by atoms with Crippen molar-refractivity contribution >= 4 is 5.91 Å². The van der Waals surface area contributed by atoms with Gasteiger partial charge in [-0.2, -0.15) is 0 Å². The first-order valence-electron chi connectivity index (χ1n) is 6.01. The molecule has 90 valence electrons. The zero-order chi connectivity index (χ0) is 11.7. The smallest absolute Gasteiger partial charge is 0.221 e. The van der Waals surface area contributed by atoms with Crippen LogP contribution >= 0.6 is 0 Å². The van der Waals surface area contributed by atoms with E-state index in [0.29, 0.717) is 19.6 Å². The predicted octanol–water partition coefficient (Wildman–Crippen LogP) is 0.736. The van der Waals surface area contributed by atoms with Crippen molar-refractivity contribution in [1.82, 2.24) is 10.6 Å². The molecule has 2 aliphatic rings. The van der Waals surface area contributed by atoms with Crippen LogP contribution < -0.4 is 10.6 Å². The maximum Gasteiger partial charge on any atom is 0.221 e. The van der Waals surface area contributed by atoms with E-state index < -0.39 is 0 Å². The van der Waals surface area contributed by atoms with Gasteiger partial charge < -0.3 is 15.4 Å². The fourth-order valence-electron chi connectivity index (χ4n) is 2.53. The van der Waals surface area contributed by atoms with E-state index in [1.807, 2.05) is 6.07 Å². The van der Waals surface area contributed by atoms with Crippen LogP contribution in [-0.4, -0.2) is 25.1 Å². The summed E-state index contributed by atoms with van der Waals surface area (Å²) in [6, 6.07) is 8.75. The van der Waals surface area contributed by atoms with Crippen molar-refractivity contribution in [3.8, 4) is 0 Å².